The number of sulfone groups is 1. The number of hydrogen-bond acceptors (Lipinski definition) is 6. The molecule has 9 heteroatoms. The van der Waals surface area contributed by atoms with Gasteiger partial charge >= 0.3 is 5.97 Å². The highest BCUT2D eigenvalue weighted by molar-refractivity contribution is 7.91. The number of hydrogen-bond donors (Lipinski definition) is 0. The number of rotatable bonds is 6. The minimum Gasteiger partial charge on any atom is -0.482 e. The molecule has 138 valence electrons. The van der Waals surface area contributed by atoms with E-state index in [4.69, 9.17) is 21.1 Å². The molecule has 0 aromatic heterocycles. The third-order valence-corrected chi connectivity index (χ3v) is 5.97. The second-order valence-corrected chi connectivity index (χ2v) is 8.59. The number of carbonyl (C=O) groups excluding carboxylic acids is 2. The number of likely N-dealkylation sites (N-methyl/N-ethyl adjacent to an activating group) is 1. The summed E-state index contributed by atoms with van der Waals surface area (Å²) in [5.41, 5.74) is 0.776. The molecule has 1 aromatic rings. The van der Waals surface area contributed by atoms with Gasteiger partial charge in [-0.3, -0.25) is 4.79 Å². The molecule has 1 aromatic carbocycles. The van der Waals surface area contributed by atoms with Crippen molar-refractivity contribution in [3.8, 4) is 5.75 Å². The lowest BCUT2D eigenvalue weighted by Gasteiger charge is -2.23. The van der Waals surface area contributed by atoms with Crippen molar-refractivity contribution in [3.05, 3.63) is 28.8 Å². The Morgan fingerprint density at radius 1 is 1.32 bits per heavy atom. The van der Waals surface area contributed by atoms with Gasteiger partial charge in [-0.05, 0) is 37.1 Å². The average molecular weight is 390 g/mol. The van der Waals surface area contributed by atoms with Gasteiger partial charge in [0.25, 0.3) is 5.91 Å². The average Bonchev–Trinajstić information content (AvgIpc) is 2.91. The van der Waals surface area contributed by atoms with Gasteiger partial charge in [0, 0.05) is 18.1 Å². The summed E-state index contributed by atoms with van der Waals surface area (Å²) in [6.45, 7) is 1.01. The lowest BCUT2D eigenvalue weighted by molar-refractivity contribution is -0.153. The number of amides is 1. The van der Waals surface area contributed by atoms with Gasteiger partial charge < -0.3 is 14.4 Å². The van der Waals surface area contributed by atoms with E-state index in [1.807, 2.05) is 0 Å². The molecular formula is C16H20ClNO6S. The van der Waals surface area contributed by atoms with Crippen LogP contribution in [-0.4, -0.2) is 63.0 Å². The molecule has 0 aliphatic carbocycles. The Morgan fingerprint density at radius 2 is 2.04 bits per heavy atom. The lowest BCUT2D eigenvalue weighted by atomic mass is 10.2. The Morgan fingerprint density at radius 3 is 2.64 bits per heavy atom. The van der Waals surface area contributed by atoms with E-state index in [1.165, 1.54) is 11.9 Å². The monoisotopic (exact) mass is 389 g/mol. The van der Waals surface area contributed by atoms with Crippen molar-refractivity contribution in [2.75, 3.05) is 31.8 Å². The van der Waals surface area contributed by atoms with Crippen LogP contribution in [0.5, 0.6) is 5.75 Å². The Kier molecular flexibility index (Phi) is 6.29. The number of nitrogens with zero attached hydrogens (tertiary/aromatic N) is 1. The van der Waals surface area contributed by atoms with Crippen LogP contribution in [0.25, 0.3) is 0 Å². The molecule has 0 radical (unpaired) electrons. The molecular weight excluding hydrogens is 370 g/mol. The zero-order valence-corrected chi connectivity index (χ0v) is 15.6. The van der Waals surface area contributed by atoms with Crippen molar-refractivity contribution in [1.29, 1.82) is 0 Å². The Labute approximate surface area is 151 Å². The molecule has 1 fully saturated rings. The summed E-state index contributed by atoms with van der Waals surface area (Å²) < 4.78 is 33.1. The van der Waals surface area contributed by atoms with Gasteiger partial charge in [0.05, 0.1) is 11.5 Å². The van der Waals surface area contributed by atoms with Crippen LogP contribution < -0.4 is 4.74 Å². The third kappa shape index (κ3) is 5.61. The minimum atomic E-state index is -3.08. The summed E-state index contributed by atoms with van der Waals surface area (Å²) in [5.74, 6) is -0.611. The number of esters is 1. The molecule has 0 N–H and O–H groups in total. The smallest absolute Gasteiger partial charge is 0.344 e. The molecule has 1 amide bonds. The standard InChI is InChI=1S/C16H20ClNO6S/c1-11-7-12(17)3-4-14(11)23-9-16(20)24-8-15(19)18(2)13-5-6-25(21,22)10-13/h3-4,7,13H,5-6,8-10H2,1-2H3/t13-/m0/s1. The van der Waals surface area contributed by atoms with Gasteiger partial charge in [-0.1, -0.05) is 11.6 Å². The van der Waals surface area contributed by atoms with Crippen molar-refractivity contribution < 1.29 is 27.5 Å². The molecule has 0 unspecified atom stereocenters. The van der Waals surface area contributed by atoms with Gasteiger partial charge in [0.1, 0.15) is 5.75 Å². The topological polar surface area (TPSA) is 90.0 Å². The molecule has 25 heavy (non-hydrogen) atoms. The van der Waals surface area contributed by atoms with E-state index < -0.39 is 28.3 Å². The van der Waals surface area contributed by atoms with Crippen LogP contribution in [0.15, 0.2) is 18.2 Å². The molecule has 1 heterocycles. The molecule has 2 rings (SSSR count). The highest BCUT2D eigenvalue weighted by Crippen LogP contribution is 2.21. The highest BCUT2D eigenvalue weighted by atomic mass is 35.5. The molecule has 1 atom stereocenters. The third-order valence-electron chi connectivity index (χ3n) is 3.99. The highest BCUT2D eigenvalue weighted by Gasteiger charge is 2.32. The van der Waals surface area contributed by atoms with Crippen LogP contribution in [0.4, 0.5) is 0 Å². The van der Waals surface area contributed by atoms with Crippen molar-refractivity contribution >= 4 is 33.3 Å². The zero-order chi connectivity index (χ0) is 18.6. The maximum atomic E-state index is 12.0. The van der Waals surface area contributed by atoms with Gasteiger partial charge in [0.2, 0.25) is 0 Å². The first-order chi connectivity index (χ1) is 11.7. The predicted molar refractivity (Wildman–Crippen MR) is 92.5 cm³/mol. The molecule has 1 aliphatic heterocycles. The van der Waals surface area contributed by atoms with Crippen LogP contribution in [0.1, 0.15) is 12.0 Å². The molecule has 0 spiro atoms. The van der Waals surface area contributed by atoms with E-state index in [9.17, 15) is 18.0 Å². The number of benzene rings is 1. The quantitative estimate of drug-likeness (QED) is 0.679. The van der Waals surface area contributed by atoms with E-state index in [1.54, 1.807) is 25.1 Å². The molecule has 1 aliphatic rings. The summed E-state index contributed by atoms with van der Waals surface area (Å²) >= 11 is 5.84. The van der Waals surface area contributed by atoms with E-state index >= 15 is 0 Å². The summed E-state index contributed by atoms with van der Waals surface area (Å²) in [6, 6.07) is 4.62. The Balaban J connectivity index is 1.76. The molecule has 0 saturated carbocycles. The van der Waals surface area contributed by atoms with Gasteiger partial charge in [-0.15, -0.1) is 0 Å². The first kappa shape index (κ1) is 19.5. The van der Waals surface area contributed by atoms with Crippen molar-refractivity contribution in [1.82, 2.24) is 4.90 Å². The summed E-state index contributed by atoms with van der Waals surface area (Å²) in [4.78, 5) is 25.0. The fourth-order valence-corrected chi connectivity index (χ4v) is 4.48. The van der Waals surface area contributed by atoms with Crippen molar-refractivity contribution in [2.24, 2.45) is 0 Å². The molecule has 0 bridgehead atoms. The van der Waals surface area contributed by atoms with Crippen LogP contribution in [0.3, 0.4) is 0 Å². The molecule has 1 saturated heterocycles. The number of halogens is 1. The number of ether oxygens (including phenoxy) is 2. The first-order valence-electron chi connectivity index (χ1n) is 7.68. The lowest BCUT2D eigenvalue weighted by Crippen LogP contribution is -2.40. The van der Waals surface area contributed by atoms with E-state index in [-0.39, 0.29) is 24.2 Å². The van der Waals surface area contributed by atoms with E-state index in [0.29, 0.717) is 17.2 Å². The number of carbonyl (C=O) groups is 2. The predicted octanol–water partition coefficient (Wildman–Crippen LogP) is 1.22. The first-order valence-corrected chi connectivity index (χ1v) is 9.88. The van der Waals surface area contributed by atoms with Gasteiger partial charge in [-0.2, -0.15) is 0 Å². The van der Waals surface area contributed by atoms with Crippen LogP contribution in [-0.2, 0) is 24.2 Å². The number of aryl methyl sites for hydroxylation is 1. The SMILES string of the molecule is Cc1cc(Cl)ccc1OCC(=O)OCC(=O)N(C)[C@H]1CCS(=O)(=O)C1. The second-order valence-electron chi connectivity index (χ2n) is 5.92. The fourth-order valence-electron chi connectivity index (χ4n) is 2.48. The second kappa shape index (κ2) is 8.05. The summed E-state index contributed by atoms with van der Waals surface area (Å²) in [6.07, 6.45) is 0.400. The van der Waals surface area contributed by atoms with Crippen LogP contribution >= 0.6 is 11.6 Å². The van der Waals surface area contributed by atoms with Crippen LogP contribution in [0, 0.1) is 6.92 Å². The maximum Gasteiger partial charge on any atom is 0.344 e. The Hall–Kier alpha value is -1.80. The Bertz CT molecular complexity index is 764. The summed E-state index contributed by atoms with van der Waals surface area (Å²) in [7, 11) is -1.57. The minimum absolute atomic E-state index is 0.0534. The van der Waals surface area contributed by atoms with Crippen molar-refractivity contribution in [3.63, 3.8) is 0 Å². The van der Waals surface area contributed by atoms with E-state index in [2.05, 4.69) is 0 Å². The zero-order valence-electron chi connectivity index (χ0n) is 14.0. The van der Waals surface area contributed by atoms with Gasteiger partial charge in [-0.25, -0.2) is 13.2 Å². The normalized spacial score (nSPS) is 18.6. The largest absolute Gasteiger partial charge is 0.482 e. The van der Waals surface area contributed by atoms with Crippen molar-refractivity contribution in [2.45, 2.75) is 19.4 Å². The summed E-state index contributed by atoms with van der Waals surface area (Å²) in [5, 5.41) is 0.565. The van der Waals surface area contributed by atoms with E-state index in [0.717, 1.165) is 5.56 Å². The maximum absolute atomic E-state index is 12.0. The van der Waals surface area contributed by atoms with Gasteiger partial charge in [0.15, 0.2) is 23.1 Å². The van der Waals surface area contributed by atoms with Crippen LogP contribution in [0.2, 0.25) is 5.02 Å². The fraction of sp³-hybridized carbons (Fsp3) is 0.500. The molecule has 7 nitrogen and oxygen atoms in total.